The van der Waals surface area contributed by atoms with Gasteiger partial charge in [-0.25, -0.2) is 12.8 Å². The second-order valence-electron chi connectivity index (χ2n) is 6.68. The Morgan fingerprint density at radius 2 is 1.72 bits per heavy atom. The molecular formula is C19H22FNO3S. The molecule has 134 valence electrons. The molecule has 0 aromatic heterocycles. The van der Waals surface area contributed by atoms with Crippen LogP contribution in [0.2, 0.25) is 0 Å². The van der Waals surface area contributed by atoms with Crippen LogP contribution < -0.4 is 5.73 Å². The van der Waals surface area contributed by atoms with Crippen molar-refractivity contribution in [2.75, 3.05) is 20.3 Å². The van der Waals surface area contributed by atoms with Crippen LogP contribution in [0.4, 0.5) is 4.39 Å². The molecule has 0 spiro atoms. The SMILES string of the molecule is COC[C@@]1(CN)[C@@H](c2ccc(F)cc2)[C@@H]1S(=O)(=O)c1ccc(C)cc1. The van der Waals surface area contributed by atoms with Crippen molar-refractivity contribution in [3.8, 4) is 0 Å². The number of methoxy groups -OCH3 is 1. The highest BCUT2D eigenvalue weighted by atomic mass is 32.2. The predicted molar refractivity (Wildman–Crippen MR) is 94.7 cm³/mol. The van der Waals surface area contributed by atoms with Crippen molar-refractivity contribution in [2.45, 2.75) is 23.0 Å². The van der Waals surface area contributed by atoms with Crippen LogP contribution in [0.1, 0.15) is 17.0 Å². The number of halogens is 1. The largest absolute Gasteiger partial charge is 0.384 e. The number of hydrogen-bond acceptors (Lipinski definition) is 4. The van der Waals surface area contributed by atoms with Crippen molar-refractivity contribution in [1.29, 1.82) is 0 Å². The Kier molecular flexibility index (Phi) is 4.70. The van der Waals surface area contributed by atoms with Gasteiger partial charge in [-0.1, -0.05) is 29.8 Å². The van der Waals surface area contributed by atoms with Crippen LogP contribution in [0.5, 0.6) is 0 Å². The van der Waals surface area contributed by atoms with Gasteiger partial charge in [0, 0.05) is 25.0 Å². The van der Waals surface area contributed by atoms with E-state index < -0.39 is 20.5 Å². The van der Waals surface area contributed by atoms with Gasteiger partial charge in [0.2, 0.25) is 0 Å². The highest BCUT2D eigenvalue weighted by Gasteiger charge is 2.70. The van der Waals surface area contributed by atoms with E-state index in [1.165, 1.54) is 19.2 Å². The van der Waals surface area contributed by atoms with Crippen molar-refractivity contribution in [1.82, 2.24) is 0 Å². The molecule has 0 unspecified atom stereocenters. The third kappa shape index (κ3) is 2.99. The molecule has 2 aromatic carbocycles. The minimum atomic E-state index is -3.59. The maximum atomic E-state index is 13.3. The van der Waals surface area contributed by atoms with Gasteiger partial charge in [0.05, 0.1) is 16.8 Å². The number of rotatable bonds is 6. The van der Waals surface area contributed by atoms with Gasteiger partial charge in [0.15, 0.2) is 9.84 Å². The molecule has 4 nitrogen and oxygen atoms in total. The zero-order chi connectivity index (χ0) is 18.2. The summed E-state index contributed by atoms with van der Waals surface area (Å²) in [5, 5.41) is -0.682. The van der Waals surface area contributed by atoms with Crippen LogP contribution in [-0.2, 0) is 14.6 Å². The molecule has 0 bridgehead atoms. The average Bonchev–Trinajstić information content (AvgIpc) is 3.26. The fourth-order valence-electron chi connectivity index (χ4n) is 3.74. The second kappa shape index (κ2) is 6.52. The van der Waals surface area contributed by atoms with Gasteiger partial charge in [0.1, 0.15) is 5.82 Å². The molecular weight excluding hydrogens is 341 g/mol. The van der Waals surface area contributed by atoms with Crippen LogP contribution in [0, 0.1) is 18.2 Å². The van der Waals surface area contributed by atoms with E-state index in [1.807, 2.05) is 6.92 Å². The van der Waals surface area contributed by atoms with Crippen molar-refractivity contribution < 1.29 is 17.5 Å². The highest BCUT2D eigenvalue weighted by molar-refractivity contribution is 7.92. The van der Waals surface area contributed by atoms with E-state index in [9.17, 15) is 12.8 Å². The molecule has 1 fully saturated rings. The molecule has 2 N–H and O–H groups in total. The van der Waals surface area contributed by atoms with Crippen LogP contribution >= 0.6 is 0 Å². The minimum absolute atomic E-state index is 0.179. The number of sulfone groups is 1. The summed E-state index contributed by atoms with van der Waals surface area (Å²) in [5.74, 6) is -0.670. The maximum Gasteiger partial charge on any atom is 0.182 e. The number of ether oxygens (including phenoxy) is 1. The van der Waals surface area contributed by atoms with Gasteiger partial charge in [-0.3, -0.25) is 0 Å². The molecule has 1 saturated carbocycles. The average molecular weight is 363 g/mol. The Morgan fingerprint density at radius 3 is 2.24 bits per heavy atom. The lowest BCUT2D eigenvalue weighted by Crippen LogP contribution is -2.28. The standard InChI is InChI=1S/C19H22FNO3S/c1-13-3-9-16(10-4-13)25(22,23)18-17(19(18,11-21)12-24-2)14-5-7-15(20)8-6-14/h3-10,17-18H,11-12,21H2,1-2H3/t17-,18-,19-/m0/s1. The first-order valence-corrected chi connectivity index (χ1v) is 9.66. The molecule has 0 radical (unpaired) electrons. The summed E-state index contributed by atoms with van der Waals surface area (Å²) in [5.41, 5.74) is 7.05. The van der Waals surface area contributed by atoms with E-state index in [-0.39, 0.29) is 29.8 Å². The summed E-state index contributed by atoms with van der Waals surface area (Å²) >= 11 is 0. The minimum Gasteiger partial charge on any atom is -0.384 e. The van der Waals surface area contributed by atoms with E-state index in [2.05, 4.69) is 0 Å². The predicted octanol–water partition coefficient (Wildman–Crippen LogP) is 2.67. The summed E-state index contributed by atoms with van der Waals surface area (Å²) in [7, 11) is -2.05. The zero-order valence-electron chi connectivity index (χ0n) is 14.3. The van der Waals surface area contributed by atoms with Gasteiger partial charge in [-0.2, -0.15) is 0 Å². The first-order valence-electron chi connectivity index (χ1n) is 8.12. The summed E-state index contributed by atoms with van der Waals surface area (Å²) < 4.78 is 45.0. The van der Waals surface area contributed by atoms with Crippen LogP contribution in [-0.4, -0.2) is 33.9 Å². The van der Waals surface area contributed by atoms with Crippen molar-refractivity contribution >= 4 is 9.84 Å². The summed E-state index contributed by atoms with van der Waals surface area (Å²) in [6.07, 6.45) is 0. The molecule has 25 heavy (non-hydrogen) atoms. The fourth-order valence-corrected chi connectivity index (χ4v) is 6.18. The normalized spacial score (nSPS) is 25.8. The molecule has 1 aliphatic carbocycles. The molecule has 6 heteroatoms. The number of aryl methyl sites for hydroxylation is 1. The highest BCUT2D eigenvalue weighted by Crippen LogP contribution is 2.63. The Balaban J connectivity index is 2.05. The first kappa shape index (κ1) is 18.0. The monoisotopic (exact) mass is 363 g/mol. The lowest BCUT2D eigenvalue weighted by molar-refractivity contribution is 0.142. The molecule has 0 saturated heterocycles. The summed E-state index contributed by atoms with van der Waals surface area (Å²) in [4.78, 5) is 0.279. The Hall–Kier alpha value is -1.76. The van der Waals surface area contributed by atoms with E-state index in [4.69, 9.17) is 10.5 Å². The van der Waals surface area contributed by atoms with Gasteiger partial charge in [-0.15, -0.1) is 0 Å². The number of nitrogens with two attached hydrogens (primary N) is 1. The molecule has 0 heterocycles. The third-order valence-electron chi connectivity index (χ3n) is 5.09. The van der Waals surface area contributed by atoms with Crippen LogP contribution in [0.25, 0.3) is 0 Å². The van der Waals surface area contributed by atoms with Crippen LogP contribution in [0.3, 0.4) is 0 Å². The van der Waals surface area contributed by atoms with Gasteiger partial charge in [-0.05, 0) is 36.8 Å². The Bertz CT molecular complexity index is 849. The van der Waals surface area contributed by atoms with Crippen LogP contribution in [0.15, 0.2) is 53.4 Å². The smallest absolute Gasteiger partial charge is 0.182 e. The lowest BCUT2D eigenvalue weighted by Gasteiger charge is -2.15. The van der Waals surface area contributed by atoms with E-state index in [1.54, 1.807) is 36.4 Å². The van der Waals surface area contributed by atoms with E-state index >= 15 is 0 Å². The molecule has 3 atom stereocenters. The summed E-state index contributed by atoms with van der Waals surface area (Å²) in [6.45, 7) is 2.32. The third-order valence-corrected chi connectivity index (χ3v) is 7.43. The molecule has 3 rings (SSSR count). The summed E-state index contributed by atoms with van der Waals surface area (Å²) in [6, 6.07) is 12.8. The molecule has 0 amide bonds. The first-order chi connectivity index (χ1) is 11.9. The molecule has 2 aromatic rings. The van der Waals surface area contributed by atoms with Crippen molar-refractivity contribution in [3.05, 3.63) is 65.5 Å². The fraction of sp³-hybridized carbons (Fsp3) is 0.368. The molecule has 1 aliphatic rings. The number of benzene rings is 2. The lowest BCUT2D eigenvalue weighted by atomic mass is 10.00. The van der Waals surface area contributed by atoms with E-state index in [0.717, 1.165) is 11.1 Å². The quantitative estimate of drug-likeness (QED) is 0.857. The van der Waals surface area contributed by atoms with Crippen molar-refractivity contribution in [2.24, 2.45) is 11.1 Å². The van der Waals surface area contributed by atoms with Gasteiger partial charge < -0.3 is 10.5 Å². The zero-order valence-corrected chi connectivity index (χ0v) is 15.1. The van der Waals surface area contributed by atoms with Gasteiger partial charge >= 0.3 is 0 Å². The second-order valence-corrected chi connectivity index (χ2v) is 8.75. The van der Waals surface area contributed by atoms with Crippen molar-refractivity contribution in [3.63, 3.8) is 0 Å². The maximum absolute atomic E-state index is 13.3. The van der Waals surface area contributed by atoms with E-state index in [0.29, 0.717) is 0 Å². The number of hydrogen-bond donors (Lipinski definition) is 1. The Labute approximate surface area is 147 Å². The topological polar surface area (TPSA) is 69.4 Å². The molecule has 0 aliphatic heterocycles. The van der Waals surface area contributed by atoms with Gasteiger partial charge in [0.25, 0.3) is 0 Å². The Morgan fingerprint density at radius 1 is 1.12 bits per heavy atom.